The number of piperidine rings is 1. The maximum absolute atomic E-state index is 12.4. The molecule has 2 aromatic rings. The number of nitrogens with zero attached hydrogens (tertiary/aromatic N) is 3. The van der Waals surface area contributed by atoms with E-state index < -0.39 is 17.8 Å². The van der Waals surface area contributed by atoms with E-state index >= 15 is 0 Å². The lowest BCUT2D eigenvalue weighted by atomic mass is 9.99. The quantitative estimate of drug-likeness (QED) is 0.618. The van der Waals surface area contributed by atoms with Crippen molar-refractivity contribution in [1.82, 2.24) is 14.8 Å². The van der Waals surface area contributed by atoms with Crippen LogP contribution in [0.3, 0.4) is 0 Å². The van der Waals surface area contributed by atoms with E-state index in [0.717, 1.165) is 51.2 Å². The Kier molecular flexibility index (Phi) is 4.92. The Balaban J connectivity index is 1.46. The van der Waals surface area contributed by atoms with Gasteiger partial charge < -0.3 is 4.90 Å². The number of aromatic nitrogens is 1. The van der Waals surface area contributed by atoms with E-state index in [1.54, 1.807) is 11.3 Å². The molecular weight excluding hydrogens is 364 g/mol. The topological polar surface area (TPSA) is 75.0 Å². The number of carbonyl (C=O) groups excluding carboxylic acids is 3. The molecule has 8 heteroatoms. The fourth-order valence-corrected chi connectivity index (χ4v) is 5.01. The number of carbonyl (C=O) groups is 3. The number of amides is 4. The lowest BCUT2D eigenvalue weighted by molar-refractivity contribution is -0.913. The van der Waals surface area contributed by atoms with Gasteiger partial charge in [0.05, 0.1) is 29.2 Å². The number of thiazole rings is 1. The van der Waals surface area contributed by atoms with Gasteiger partial charge in [-0.15, -0.1) is 11.3 Å². The molecule has 0 spiro atoms. The van der Waals surface area contributed by atoms with Crippen LogP contribution in [0, 0.1) is 0 Å². The van der Waals surface area contributed by atoms with Gasteiger partial charge in [-0.25, -0.2) is 14.7 Å². The largest absolute Gasteiger partial charge is 0.338 e. The first-order valence-electron chi connectivity index (χ1n) is 9.45. The van der Waals surface area contributed by atoms with Gasteiger partial charge in [0.2, 0.25) is 0 Å². The SMILES string of the molecule is CCCN1C(=O)C(=O)N(C[NH+]2CCC[C@H](c3nc4ccccc4s3)C2)C1=O. The van der Waals surface area contributed by atoms with Crippen molar-refractivity contribution in [2.75, 3.05) is 26.3 Å². The summed E-state index contributed by atoms with van der Waals surface area (Å²) in [5, 5.41) is 1.12. The number of likely N-dealkylation sites (tertiary alicyclic amines) is 1. The third kappa shape index (κ3) is 3.35. The van der Waals surface area contributed by atoms with Crippen LogP contribution in [-0.4, -0.2) is 58.9 Å². The smallest absolute Gasteiger partial charge is 0.317 e. The summed E-state index contributed by atoms with van der Waals surface area (Å²) < 4.78 is 1.19. The predicted molar refractivity (Wildman–Crippen MR) is 101 cm³/mol. The number of fused-ring (bicyclic) bond motifs is 1. The molecule has 4 rings (SSSR count). The number of para-hydroxylation sites is 1. The Morgan fingerprint density at radius 1 is 1.19 bits per heavy atom. The van der Waals surface area contributed by atoms with E-state index in [0.29, 0.717) is 18.9 Å². The van der Waals surface area contributed by atoms with Crippen LogP contribution in [-0.2, 0) is 9.59 Å². The van der Waals surface area contributed by atoms with Crippen molar-refractivity contribution in [3.63, 3.8) is 0 Å². The van der Waals surface area contributed by atoms with Gasteiger partial charge in [-0.1, -0.05) is 19.1 Å². The molecule has 2 saturated heterocycles. The summed E-state index contributed by atoms with van der Waals surface area (Å²) in [7, 11) is 0. The summed E-state index contributed by atoms with van der Waals surface area (Å²) in [5.74, 6) is -1.06. The second-order valence-corrected chi connectivity index (χ2v) is 8.26. The molecule has 1 aromatic heterocycles. The molecule has 2 fully saturated rings. The number of imide groups is 2. The molecular formula is C19H23N4O3S+. The van der Waals surface area contributed by atoms with Gasteiger partial charge in [0.25, 0.3) is 0 Å². The first-order chi connectivity index (χ1) is 13.1. The highest BCUT2D eigenvalue weighted by Gasteiger charge is 2.46. The summed E-state index contributed by atoms with van der Waals surface area (Å²) in [6.45, 7) is 4.14. The van der Waals surface area contributed by atoms with E-state index in [1.165, 1.54) is 4.70 Å². The molecule has 4 amide bonds. The number of hydrogen-bond acceptors (Lipinski definition) is 5. The lowest BCUT2D eigenvalue weighted by Gasteiger charge is -2.30. The second kappa shape index (κ2) is 7.36. The van der Waals surface area contributed by atoms with Gasteiger partial charge in [-0.05, 0) is 31.4 Å². The number of urea groups is 1. The monoisotopic (exact) mass is 387 g/mol. The molecule has 3 heterocycles. The molecule has 27 heavy (non-hydrogen) atoms. The minimum absolute atomic E-state index is 0.255. The number of benzene rings is 1. The molecule has 0 bridgehead atoms. The van der Waals surface area contributed by atoms with Gasteiger partial charge in [-0.3, -0.25) is 14.5 Å². The Morgan fingerprint density at radius 3 is 2.74 bits per heavy atom. The van der Waals surface area contributed by atoms with Crippen molar-refractivity contribution in [3.8, 4) is 0 Å². The first-order valence-corrected chi connectivity index (χ1v) is 10.3. The molecule has 1 unspecified atom stereocenters. The Morgan fingerprint density at radius 2 is 1.96 bits per heavy atom. The van der Waals surface area contributed by atoms with E-state index in [1.807, 2.05) is 25.1 Å². The third-order valence-corrected chi connectivity index (χ3v) is 6.44. The fourth-order valence-electron chi connectivity index (χ4n) is 3.90. The summed E-state index contributed by atoms with van der Waals surface area (Å²) in [6.07, 6.45) is 2.72. The van der Waals surface area contributed by atoms with Gasteiger partial charge in [0, 0.05) is 6.54 Å². The van der Waals surface area contributed by atoms with Gasteiger partial charge in [0.1, 0.15) is 5.01 Å². The summed E-state index contributed by atoms with van der Waals surface area (Å²) in [6, 6.07) is 7.65. The number of rotatable bonds is 5. The van der Waals surface area contributed by atoms with Crippen LogP contribution in [0.1, 0.15) is 37.1 Å². The van der Waals surface area contributed by atoms with Crippen LogP contribution in [0.15, 0.2) is 24.3 Å². The predicted octanol–water partition coefficient (Wildman–Crippen LogP) is 1.22. The molecule has 0 saturated carbocycles. The molecule has 7 nitrogen and oxygen atoms in total. The lowest BCUT2D eigenvalue weighted by Crippen LogP contribution is -3.15. The van der Waals surface area contributed by atoms with Crippen molar-refractivity contribution in [1.29, 1.82) is 0 Å². The van der Waals surface area contributed by atoms with Crippen LogP contribution >= 0.6 is 11.3 Å². The molecule has 142 valence electrons. The zero-order valence-electron chi connectivity index (χ0n) is 15.3. The molecule has 2 aliphatic rings. The van der Waals surface area contributed by atoms with Crippen LogP contribution in [0.25, 0.3) is 10.2 Å². The first kappa shape index (κ1) is 18.1. The summed E-state index contributed by atoms with van der Waals surface area (Å²) in [4.78, 5) is 44.8. The standard InChI is InChI=1S/C19H22N4O3S/c1-2-9-22-17(24)18(25)23(19(22)26)12-21-10-5-6-13(11-21)16-20-14-7-3-4-8-15(14)27-16/h3-4,7-8,13H,2,5-6,9-12H2,1H3/p+1/t13-/m0/s1. The van der Waals surface area contributed by atoms with Crippen LogP contribution in [0.2, 0.25) is 0 Å². The molecule has 1 N–H and O–H groups in total. The zero-order valence-corrected chi connectivity index (χ0v) is 16.1. The Labute approximate surface area is 161 Å². The van der Waals surface area contributed by atoms with Crippen molar-refractivity contribution in [2.45, 2.75) is 32.1 Å². The summed E-state index contributed by atoms with van der Waals surface area (Å²) in [5.41, 5.74) is 1.02. The van der Waals surface area contributed by atoms with E-state index in [4.69, 9.17) is 4.98 Å². The van der Waals surface area contributed by atoms with Crippen molar-refractivity contribution >= 4 is 39.4 Å². The highest BCUT2D eigenvalue weighted by atomic mass is 32.1. The Hall–Kier alpha value is -2.32. The number of nitrogens with one attached hydrogen (secondary N) is 1. The summed E-state index contributed by atoms with van der Waals surface area (Å²) >= 11 is 1.72. The molecule has 0 aliphatic carbocycles. The maximum Gasteiger partial charge on any atom is 0.338 e. The van der Waals surface area contributed by atoms with Crippen molar-refractivity contribution in [3.05, 3.63) is 29.3 Å². The molecule has 0 radical (unpaired) electrons. The van der Waals surface area contributed by atoms with Gasteiger partial charge in [0.15, 0.2) is 6.67 Å². The third-order valence-electron chi connectivity index (χ3n) is 5.24. The molecule has 2 atom stereocenters. The highest BCUT2D eigenvalue weighted by molar-refractivity contribution is 7.18. The highest BCUT2D eigenvalue weighted by Crippen LogP contribution is 2.30. The van der Waals surface area contributed by atoms with Crippen LogP contribution in [0.5, 0.6) is 0 Å². The average molecular weight is 387 g/mol. The number of hydrogen-bond donors (Lipinski definition) is 1. The number of quaternary nitrogens is 1. The fraction of sp³-hybridized carbons (Fsp3) is 0.474. The van der Waals surface area contributed by atoms with E-state index in [-0.39, 0.29) is 6.67 Å². The van der Waals surface area contributed by atoms with Crippen LogP contribution < -0.4 is 4.90 Å². The normalized spacial score (nSPS) is 23.7. The second-order valence-electron chi connectivity index (χ2n) is 7.19. The van der Waals surface area contributed by atoms with E-state index in [9.17, 15) is 14.4 Å². The van der Waals surface area contributed by atoms with Crippen LogP contribution in [0.4, 0.5) is 4.79 Å². The van der Waals surface area contributed by atoms with Gasteiger partial charge in [-0.2, -0.15) is 0 Å². The molecule has 2 aliphatic heterocycles. The Bertz CT molecular complexity index is 863. The minimum atomic E-state index is -0.694. The van der Waals surface area contributed by atoms with Crippen molar-refractivity contribution in [2.24, 2.45) is 0 Å². The van der Waals surface area contributed by atoms with E-state index in [2.05, 4.69) is 6.07 Å². The average Bonchev–Trinajstić information content (AvgIpc) is 3.20. The van der Waals surface area contributed by atoms with Gasteiger partial charge >= 0.3 is 17.8 Å². The molecule has 1 aromatic carbocycles. The van der Waals surface area contributed by atoms with Crippen molar-refractivity contribution < 1.29 is 19.3 Å². The minimum Gasteiger partial charge on any atom is -0.317 e. The zero-order chi connectivity index (χ0) is 19.0. The maximum atomic E-state index is 12.4.